The lowest BCUT2D eigenvalue weighted by Gasteiger charge is -2.17. The van der Waals surface area contributed by atoms with E-state index in [-0.39, 0.29) is 17.3 Å². The van der Waals surface area contributed by atoms with E-state index in [1.165, 1.54) is 6.07 Å². The molecule has 0 aliphatic carbocycles. The van der Waals surface area contributed by atoms with E-state index >= 15 is 0 Å². The van der Waals surface area contributed by atoms with Crippen LogP contribution in [0, 0.1) is 5.82 Å². The number of benzene rings is 1. The molecule has 0 aromatic heterocycles. The van der Waals surface area contributed by atoms with Crippen molar-refractivity contribution in [3.8, 4) is 0 Å². The van der Waals surface area contributed by atoms with Gasteiger partial charge in [0.05, 0.1) is 11.4 Å². The Morgan fingerprint density at radius 1 is 1.65 bits per heavy atom. The van der Waals surface area contributed by atoms with Crippen LogP contribution in [0.2, 0.25) is 0 Å². The summed E-state index contributed by atoms with van der Waals surface area (Å²) in [5.41, 5.74) is 5.23. The Kier molecular flexibility index (Phi) is 4.62. The van der Waals surface area contributed by atoms with Gasteiger partial charge in [-0.15, -0.1) is 0 Å². The Bertz CT molecular complexity index is 426. The lowest BCUT2D eigenvalue weighted by atomic mass is 10.1. The number of nitrogen functional groups attached to an aromatic ring is 1. The van der Waals surface area contributed by atoms with Gasteiger partial charge in [0.25, 0.3) is 0 Å². The highest BCUT2D eigenvalue weighted by Crippen LogP contribution is 2.25. The van der Waals surface area contributed by atoms with Crippen LogP contribution in [0.15, 0.2) is 12.1 Å². The van der Waals surface area contributed by atoms with Crippen molar-refractivity contribution in [1.82, 2.24) is 0 Å². The van der Waals surface area contributed by atoms with Gasteiger partial charge >= 0.3 is 5.97 Å². The summed E-state index contributed by atoms with van der Waals surface area (Å²) in [5.74, 6) is -1.14. The van der Waals surface area contributed by atoms with Crippen molar-refractivity contribution < 1.29 is 14.3 Å². The van der Waals surface area contributed by atoms with E-state index in [1.54, 1.807) is 11.8 Å². The van der Waals surface area contributed by atoms with Gasteiger partial charge in [-0.1, -0.05) is 0 Å². The van der Waals surface area contributed by atoms with Gasteiger partial charge in [-0.25, -0.2) is 9.18 Å². The van der Waals surface area contributed by atoms with Crippen LogP contribution in [0.4, 0.5) is 15.8 Å². The Balaban J connectivity index is 3.07. The number of carboxylic acid groups (broad SMARTS) is 1. The van der Waals surface area contributed by atoms with E-state index in [2.05, 4.69) is 5.32 Å². The average molecular weight is 258 g/mol. The summed E-state index contributed by atoms with van der Waals surface area (Å²) in [4.78, 5) is 11.0. The number of hydrogen-bond donors (Lipinski definition) is 3. The summed E-state index contributed by atoms with van der Waals surface area (Å²) in [7, 11) is 0. The monoisotopic (exact) mass is 258 g/mol. The topological polar surface area (TPSA) is 75.3 Å². The maximum Gasteiger partial charge on any atom is 0.340 e. The minimum absolute atomic E-state index is 0.0768. The van der Waals surface area contributed by atoms with Crippen LogP contribution in [0.5, 0.6) is 0 Å². The predicted molar refractivity (Wildman–Crippen MR) is 69.2 cm³/mol. The smallest absolute Gasteiger partial charge is 0.340 e. The highest BCUT2D eigenvalue weighted by Gasteiger charge is 2.18. The van der Waals surface area contributed by atoms with Crippen LogP contribution in [0.1, 0.15) is 17.3 Å². The third-order valence-electron chi connectivity index (χ3n) is 2.22. The molecule has 0 radical (unpaired) electrons. The van der Waals surface area contributed by atoms with Crippen molar-refractivity contribution in [2.24, 2.45) is 0 Å². The number of aromatic carboxylic acids is 1. The number of nitrogens with one attached hydrogen (secondary N) is 1. The lowest BCUT2D eigenvalue weighted by Crippen LogP contribution is -2.20. The number of anilines is 2. The summed E-state index contributed by atoms with van der Waals surface area (Å²) < 4.78 is 13.2. The normalized spacial score (nSPS) is 12.2. The van der Waals surface area contributed by atoms with Gasteiger partial charge in [-0.3, -0.25) is 0 Å². The Hall–Kier alpha value is -1.43. The molecule has 0 amide bonds. The summed E-state index contributed by atoms with van der Waals surface area (Å²) in [6.45, 7) is 1.92. The van der Waals surface area contributed by atoms with Gasteiger partial charge in [-0.2, -0.15) is 11.8 Å². The van der Waals surface area contributed by atoms with Crippen LogP contribution in [0.3, 0.4) is 0 Å². The number of hydrogen-bond acceptors (Lipinski definition) is 4. The van der Waals surface area contributed by atoms with Gasteiger partial charge in [-0.05, 0) is 25.3 Å². The number of carbonyl (C=O) groups is 1. The van der Waals surface area contributed by atoms with E-state index in [4.69, 9.17) is 10.8 Å². The van der Waals surface area contributed by atoms with E-state index in [0.29, 0.717) is 5.69 Å². The minimum atomic E-state index is -1.24. The number of rotatable bonds is 5. The summed E-state index contributed by atoms with van der Waals surface area (Å²) in [6, 6.07) is 2.63. The van der Waals surface area contributed by atoms with E-state index in [0.717, 1.165) is 11.8 Å². The first-order valence-electron chi connectivity index (χ1n) is 5.04. The molecule has 1 aromatic rings. The molecule has 0 heterocycles. The fourth-order valence-electron chi connectivity index (χ4n) is 1.50. The first kappa shape index (κ1) is 13.6. The highest BCUT2D eigenvalue weighted by atomic mass is 32.2. The molecule has 1 aromatic carbocycles. The van der Waals surface area contributed by atoms with Gasteiger partial charge in [0, 0.05) is 11.8 Å². The SMILES string of the molecule is CSCC(C)Nc1ccc(F)c(N)c1C(=O)O. The molecular weight excluding hydrogens is 243 g/mol. The zero-order chi connectivity index (χ0) is 13.0. The zero-order valence-corrected chi connectivity index (χ0v) is 10.5. The zero-order valence-electron chi connectivity index (χ0n) is 9.66. The van der Waals surface area contributed by atoms with E-state index in [9.17, 15) is 9.18 Å². The molecule has 0 fully saturated rings. The van der Waals surface area contributed by atoms with Crippen molar-refractivity contribution in [2.45, 2.75) is 13.0 Å². The fourth-order valence-corrected chi connectivity index (χ4v) is 2.09. The third kappa shape index (κ3) is 3.26. The molecule has 1 rings (SSSR count). The second-order valence-corrected chi connectivity index (χ2v) is 4.60. The molecule has 94 valence electrons. The second kappa shape index (κ2) is 5.77. The molecule has 4 nitrogen and oxygen atoms in total. The van der Waals surface area contributed by atoms with Gasteiger partial charge in [0.2, 0.25) is 0 Å². The fraction of sp³-hybridized carbons (Fsp3) is 0.364. The van der Waals surface area contributed by atoms with Crippen LogP contribution >= 0.6 is 11.8 Å². The molecular formula is C11H15FN2O2S. The number of halogens is 1. The third-order valence-corrected chi connectivity index (χ3v) is 3.06. The number of carboxylic acids is 1. The predicted octanol–water partition coefficient (Wildman–Crippen LogP) is 2.27. The summed E-state index contributed by atoms with van der Waals surface area (Å²) in [5, 5.41) is 12.0. The second-order valence-electron chi connectivity index (χ2n) is 3.69. The van der Waals surface area contributed by atoms with Crippen LogP contribution < -0.4 is 11.1 Å². The van der Waals surface area contributed by atoms with Gasteiger partial charge in [0.1, 0.15) is 11.4 Å². The van der Waals surface area contributed by atoms with Crippen molar-refractivity contribution in [3.05, 3.63) is 23.5 Å². The van der Waals surface area contributed by atoms with Gasteiger partial charge < -0.3 is 16.2 Å². The van der Waals surface area contributed by atoms with Crippen LogP contribution in [-0.4, -0.2) is 29.1 Å². The Morgan fingerprint density at radius 2 is 2.29 bits per heavy atom. The van der Waals surface area contributed by atoms with E-state index in [1.807, 2.05) is 13.2 Å². The van der Waals surface area contributed by atoms with Gasteiger partial charge in [0.15, 0.2) is 0 Å². The molecule has 4 N–H and O–H groups in total. The Morgan fingerprint density at radius 3 is 2.82 bits per heavy atom. The molecule has 0 bridgehead atoms. The average Bonchev–Trinajstić information content (AvgIpc) is 2.23. The minimum Gasteiger partial charge on any atom is -0.478 e. The lowest BCUT2D eigenvalue weighted by molar-refractivity contribution is 0.0698. The van der Waals surface area contributed by atoms with Crippen molar-refractivity contribution in [1.29, 1.82) is 0 Å². The maximum absolute atomic E-state index is 13.2. The molecule has 0 aliphatic heterocycles. The molecule has 17 heavy (non-hydrogen) atoms. The number of thioether (sulfide) groups is 1. The molecule has 0 saturated heterocycles. The largest absolute Gasteiger partial charge is 0.478 e. The molecule has 1 unspecified atom stereocenters. The molecule has 6 heteroatoms. The standard InChI is InChI=1S/C11H15FN2O2S/c1-6(5-17-2)14-8-4-3-7(12)10(13)9(8)11(15)16/h3-4,6,14H,5,13H2,1-2H3,(H,15,16). The molecule has 1 atom stereocenters. The quantitative estimate of drug-likeness (QED) is 0.706. The first-order valence-corrected chi connectivity index (χ1v) is 6.43. The maximum atomic E-state index is 13.2. The number of nitrogens with two attached hydrogens (primary N) is 1. The molecule has 0 spiro atoms. The van der Waals surface area contributed by atoms with Crippen molar-refractivity contribution in [3.63, 3.8) is 0 Å². The molecule has 0 saturated carbocycles. The highest BCUT2D eigenvalue weighted by molar-refractivity contribution is 7.98. The Labute approximate surface area is 103 Å². The van der Waals surface area contributed by atoms with Crippen molar-refractivity contribution >= 4 is 29.1 Å². The summed E-state index contributed by atoms with van der Waals surface area (Å²) in [6.07, 6.45) is 1.95. The van der Waals surface area contributed by atoms with Crippen LogP contribution in [0.25, 0.3) is 0 Å². The first-order chi connectivity index (χ1) is 7.97. The van der Waals surface area contributed by atoms with E-state index < -0.39 is 11.8 Å². The van der Waals surface area contributed by atoms with Crippen molar-refractivity contribution in [2.75, 3.05) is 23.1 Å². The summed E-state index contributed by atoms with van der Waals surface area (Å²) >= 11 is 1.64. The molecule has 0 aliphatic rings. The van der Waals surface area contributed by atoms with Crippen LogP contribution in [-0.2, 0) is 0 Å².